The van der Waals surface area contributed by atoms with Crippen molar-refractivity contribution in [1.82, 2.24) is 20.5 Å². The predicted molar refractivity (Wildman–Crippen MR) is 166 cm³/mol. The molecule has 1 fully saturated rings. The van der Waals surface area contributed by atoms with E-state index in [9.17, 15) is 37.5 Å². The average molecular weight is 659 g/mol. The van der Waals surface area contributed by atoms with Crippen molar-refractivity contribution in [1.29, 1.82) is 0 Å². The van der Waals surface area contributed by atoms with Gasteiger partial charge in [0.25, 0.3) is 5.91 Å². The van der Waals surface area contributed by atoms with Crippen LogP contribution in [0.1, 0.15) is 29.9 Å². The Bertz CT molecular complexity index is 1600. The van der Waals surface area contributed by atoms with Gasteiger partial charge in [-0.1, -0.05) is 30.3 Å². The van der Waals surface area contributed by atoms with Gasteiger partial charge in [-0.3, -0.25) is 24.2 Å². The minimum atomic E-state index is -4.58. The van der Waals surface area contributed by atoms with Gasteiger partial charge in [0.1, 0.15) is 17.6 Å². The smallest absolute Gasteiger partial charge is 0.394 e. The van der Waals surface area contributed by atoms with Gasteiger partial charge in [0.05, 0.1) is 36.0 Å². The van der Waals surface area contributed by atoms with Crippen molar-refractivity contribution in [2.75, 3.05) is 38.1 Å². The number of nitrogens with zero attached hydrogens (tertiary/aromatic N) is 2. The van der Waals surface area contributed by atoms with Gasteiger partial charge >= 0.3 is 6.18 Å². The third-order valence-electron chi connectivity index (χ3n) is 7.90. The molecular weight excluding hydrogens is 621 g/mol. The molecule has 0 radical (unpaired) electrons. The SMILES string of the molecule is NCCN(CCN)C(=O)C[C@H](NC(=O)[C@H](N)CO)C(=O)NC1(C(=O)Nc2cnc3ccccc3c2)CC1c1ccc(C(F)(F)F)cc1. The van der Waals surface area contributed by atoms with Crippen molar-refractivity contribution in [3.63, 3.8) is 0 Å². The van der Waals surface area contributed by atoms with E-state index in [0.717, 1.165) is 17.5 Å². The number of para-hydroxylation sites is 1. The Morgan fingerprint density at radius 2 is 1.68 bits per heavy atom. The summed E-state index contributed by atoms with van der Waals surface area (Å²) in [6, 6.07) is 10.1. The van der Waals surface area contributed by atoms with E-state index >= 15 is 0 Å². The molecule has 0 bridgehead atoms. The number of benzene rings is 2. The molecule has 4 amide bonds. The molecule has 0 aliphatic heterocycles. The Balaban J connectivity index is 1.65. The van der Waals surface area contributed by atoms with Crippen molar-refractivity contribution in [2.24, 2.45) is 17.2 Å². The van der Waals surface area contributed by atoms with Crippen molar-refractivity contribution >= 4 is 40.2 Å². The summed E-state index contributed by atoms with van der Waals surface area (Å²) in [6.45, 7) is -0.298. The molecule has 0 saturated heterocycles. The lowest BCUT2D eigenvalue weighted by atomic mass is 10.0. The number of fused-ring (bicyclic) bond motifs is 1. The van der Waals surface area contributed by atoms with E-state index in [-0.39, 0.29) is 32.6 Å². The monoisotopic (exact) mass is 658 g/mol. The number of carbonyl (C=O) groups excluding carboxylic acids is 4. The topological polar surface area (TPSA) is 219 Å². The van der Waals surface area contributed by atoms with E-state index in [2.05, 4.69) is 20.9 Å². The molecule has 1 aromatic heterocycles. The number of nitrogens with one attached hydrogen (secondary N) is 3. The number of nitrogens with two attached hydrogens (primary N) is 3. The van der Waals surface area contributed by atoms with Gasteiger partial charge in [0, 0.05) is 37.5 Å². The molecule has 47 heavy (non-hydrogen) atoms. The van der Waals surface area contributed by atoms with Crippen LogP contribution >= 0.6 is 0 Å². The van der Waals surface area contributed by atoms with Crippen LogP contribution in [-0.4, -0.2) is 89.0 Å². The highest BCUT2D eigenvalue weighted by atomic mass is 19.4. The van der Waals surface area contributed by atoms with Gasteiger partial charge in [0.2, 0.25) is 17.7 Å². The summed E-state index contributed by atoms with van der Waals surface area (Å²) in [5, 5.41) is 17.8. The number of rotatable bonds is 14. The molecule has 1 aliphatic carbocycles. The normalized spacial score (nSPS) is 18.6. The Labute approximate surface area is 268 Å². The minimum Gasteiger partial charge on any atom is -0.394 e. The molecule has 4 rings (SSSR count). The van der Waals surface area contributed by atoms with Crippen LogP contribution in [0, 0.1) is 0 Å². The highest BCUT2D eigenvalue weighted by molar-refractivity contribution is 6.06. The first kappa shape index (κ1) is 35.2. The largest absolute Gasteiger partial charge is 0.416 e. The van der Waals surface area contributed by atoms with Crippen LogP contribution in [0.5, 0.6) is 0 Å². The lowest BCUT2D eigenvalue weighted by molar-refractivity contribution is -0.138. The number of halogens is 3. The first-order valence-electron chi connectivity index (χ1n) is 14.8. The van der Waals surface area contributed by atoms with Gasteiger partial charge in [0.15, 0.2) is 0 Å². The van der Waals surface area contributed by atoms with Gasteiger partial charge < -0.3 is 43.2 Å². The number of aromatic nitrogens is 1. The summed E-state index contributed by atoms with van der Waals surface area (Å²) in [7, 11) is 0. The number of aliphatic hydroxyl groups is 1. The fraction of sp³-hybridized carbons (Fsp3) is 0.387. The van der Waals surface area contributed by atoms with E-state index in [1.165, 1.54) is 23.2 Å². The predicted octanol–water partition coefficient (Wildman–Crippen LogP) is 0.175. The summed E-state index contributed by atoms with van der Waals surface area (Å²) in [5.74, 6) is -3.89. The molecule has 10 N–H and O–H groups in total. The van der Waals surface area contributed by atoms with Gasteiger partial charge in [-0.2, -0.15) is 13.2 Å². The number of hydrogen-bond acceptors (Lipinski definition) is 9. The van der Waals surface area contributed by atoms with Crippen molar-refractivity contribution in [3.8, 4) is 0 Å². The maximum Gasteiger partial charge on any atom is 0.416 e. The van der Waals surface area contributed by atoms with Gasteiger partial charge in [-0.25, -0.2) is 0 Å². The molecule has 16 heteroatoms. The maximum absolute atomic E-state index is 13.9. The maximum atomic E-state index is 13.9. The lowest BCUT2D eigenvalue weighted by Gasteiger charge is -2.27. The number of anilines is 1. The summed E-state index contributed by atoms with van der Waals surface area (Å²) in [4.78, 5) is 59.1. The van der Waals surface area contributed by atoms with Crippen molar-refractivity contribution in [2.45, 2.75) is 42.6 Å². The number of hydrogen-bond donors (Lipinski definition) is 7. The molecule has 1 saturated carbocycles. The Kier molecular flexibility index (Phi) is 11.1. The number of aliphatic hydroxyl groups excluding tert-OH is 1. The summed E-state index contributed by atoms with van der Waals surface area (Å²) in [6.07, 6.45) is -3.73. The van der Waals surface area contributed by atoms with Gasteiger partial charge in [-0.15, -0.1) is 0 Å². The Morgan fingerprint density at radius 3 is 2.30 bits per heavy atom. The minimum absolute atomic E-state index is 0.00577. The second-order valence-electron chi connectivity index (χ2n) is 11.2. The first-order valence-corrected chi connectivity index (χ1v) is 14.8. The molecule has 1 heterocycles. The molecule has 0 spiro atoms. The van der Waals surface area contributed by atoms with Crippen molar-refractivity contribution < 1.29 is 37.5 Å². The molecule has 252 valence electrons. The number of carbonyl (C=O) groups is 4. The average Bonchev–Trinajstić information content (AvgIpc) is 3.78. The zero-order valence-electron chi connectivity index (χ0n) is 25.3. The van der Waals surface area contributed by atoms with Crippen LogP contribution in [-0.2, 0) is 25.4 Å². The highest BCUT2D eigenvalue weighted by Crippen LogP contribution is 2.52. The molecule has 1 aliphatic rings. The fourth-order valence-electron chi connectivity index (χ4n) is 5.25. The van der Waals surface area contributed by atoms with Crippen LogP contribution < -0.4 is 33.2 Å². The lowest BCUT2D eigenvalue weighted by Crippen LogP contribution is -2.58. The molecule has 3 aromatic rings. The van der Waals surface area contributed by atoms with E-state index in [4.69, 9.17) is 17.2 Å². The fourth-order valence-corrected chi connectivity index (χ4v) is 5.25. The standard InChI is InChI=1S/C31H37F3N8O5/c32-31(33,34)20-7-5-18(6-8-20)22-15-30(22,29(47)39-21-13-19-3-1-2-4-24(19)38-16-21)41-28(46)25(40-27(45)23(37)17-43)14-26(44)42(11-9-35)12-10-36/h1-8,13,16,22-23,25,43H,9-12,14-15,17,35-37H2,(H,39,47)(H,40,45)(H,41,46)/t22?,23-,25+,30?/m1/s1. The number of alkyl halides is 3. The van der Waals surface area contributed by atoms with Crippen LogP contribution in [0.3, 0.4) is 0 Å². The Morgan fingerprint density at radius 1 is 1.02 bits per heavy atom. The van der Waals surface area contributed by atoms with Crippen molar-refractivity contribution in [3.05, 3.63) is 71.9 Å². The summed E-state index contributed by atoms with van der Waals surface area (Å²) < 4.78 is 39.7. The molecule has 4 atom stereocenters. The zero-order valence-corrected chi connectivity index (χ0v) is 25.3. The van der Waals surface area contributed by atoms with E-state index in [0.29, 0.717) is 16.8 Å². The van der Waals surface area contributed by atoms with Crippen LogP contribution in [0.2, 0.25) is 0 Å². The van der Waals surface area contributed by atoms with Crippen LogP contribution in [0.25, 0.3) is 10.9 Å². The Hall–Kier alpha value is -4.64. The first-order chi connectivity index (χ1) is 22.3. The summed E-state index contributed by atoms with van der Waals surface area (Å²) in [5.41, 5.74) is 15.6. The van der Waals surface area contributed by atoms with E-state index < -0.39 is 71.9 Å². The van der Waals surface area contributed by atoms with E-state index in [1.54, 1.807) is 30.3 Å². The number of amides is 4. The van der Waals surface area contributed by atoms with Crippen LogP contribution in [0.4, 0.5) is 18.9 Å². The second kappa shape index (κ2) is 14.8. The molecule has 2 aromatic carbocycles. The number of pyridine rings is 1. The molecule has 2 unspecified atom stereocenters. The third kappa shape index (κ3) is 8.40. The third-order valence-corrected chi connectivity index (χ3v) is 7.90. The highest BCUT2D eigenvalue weighted by Gasteiger charge is 2.62. The van der Waals surface area contributed by atoms with Crippen LogP contribution in [0.15, 0.2) is 60.8 Å². The quantitative estimate of drug-likeness (QED) is 0.125. The second-order valence-corrected chi connectivity index (χ2v) is 11.2. The zero-order chi connectivity index (χ0) is 34.4. The van der Waals surface area contributed by atoms with E-state index in [1.807, 2.05) is 0 Å². The summed E-state index contributed by atoms with van der Waals surface area (Å²) >= 11 is 0. The molecular formula is C31H37F3N8O5. The van der Waals surface area contributed by atoms with Gasteiger partial charge in [-0.05, 0) is 36.2 Å². The molecule has 13 nitrogen and oxygen atoms in total.